The summed E-state index contributed by atoms with van der Waals surface area (Å²) in [7, 11) is 5.75. The third kappa shape index (κ3) is 2.30. The Morgan fingerprint density at radius 3 is 2.83 bits per heavy atom. The summed E-state index contributed by atoms with van der Waals surface area (Å²) < 4.78 is 0. The van der Waals surface area contributed by atoms with Crippen LogP contribution in [-0.4, -0.2) is 43.8 Å². The molecular formula is C13H14BNO3. The summed E-state index contributed by atoms with van der Waals surface area (Å²) in [6.45, 7) is 0.428. The van der Waals surface area contributed by atoms with Gasteiger partial charge in [0.15, 0.2) is 0 Å². The van der Waals surface area contributed by atoms with Crippen LogP contribution >= 0.6 is 0 Å². The normalized spacial score (nSPS) is 20.6. The zero-order valence-corrected chi connectivity index (χ0v) is 10.1. The molecule has 92 valence electrons. The lowest BCUT2D eigenvalue weighted by Gasteiger charge is -2.23. The Hall–Kier alpha value is -1.65. The number of carbonyl (C=O) groups excluding carboxylic acids is 3. The van der Waals surface area contributed by atoms with Crippen molar-refractivity contribution in [2.75, 3.05) is 6.54 Å². The summed E-state index contributed by atoms with van der Waals surface area (Å²) in [4.78, 5) is 35.1. The summed E-state index contributed by atoms with van der Waals surface area (Å²) in [6.07, 6.45) is 5.35. The van der Waals surface area contributed by atoms with Crippen LogP contribution < -0.4 is 0 Å². The van der Waals surface area contributed by atoms with Crippen molar-refractivity contribution in [3.63, 3.8) is 0 Å². The van der Waals surface area contributed by atoms with E-state index in [0.717, 1.165) is 29.2 Å². The molecule has 0 fully saturated rings. The Labute approximate surface area is 107 Å². The number of allylic oxidation sites excluding steroid dienone is 1. The average molecular weight is 243 g/mol. The molecule has 5 heteroatoms. The first-order valence-corrected chi connectivity index (χ1v) is 6.05. The van der Waals surface area contributed by atoms with Crippen molar-refractivity contribution >= 4 is 26.3 Å². The predicted octanol–water partition coefficient (Wildman–Crippen LogP) is 0.518. The lowest BCUT2D eigenvalue weighted by atomic mass is 9.83. The van der Waals surface area contributed by atoms with Crippen LogP contribution in [0.25, 0.3) is 0 Å². The molecule has 1 atom stereocenters. The fraction of sp³-hybridized carbons (Fsp3) is 0.462. The highest BCUT2D eigenvalue weighted by Crippen LogP contribution is 2.31. The van der Waals surface area contributed by atoms with E-state index in [0.29, 0.717) is 25.8 Å². The molecule has 0 aromatic rings. The summed E-state index contributed by atoms with van der Waals surface area (Å²) >= 11 is 0. The maximum absolute atomic E-state index is 12.2. The highest BCUT2D eigenvalue weighted by molar-refractivity contribution is 6.22. The van der Waals surface area contributed by atoms with Crippen LogP contribution in [0, 0.1) is 0 Å². The van der Waals surface area contributed by atoms with Crippen molar-refractivity contribution in [3.05, 3.63) is 22.7 Å². The topological polar surface area (TPSA) is 54.5 Å². The Morgan fingerprint density at radius 2 is 2.17 bits per heavy atom. The molecule has 0 aromatic carbocycles. The maximum atomic E-state index is 12.2. The number of carbonyl (C=O) groups is 3. The average Bonchev–Trinajstić information content (AvgIpc) is 2.67. The van der Waals surface area contributed by atoms with Crippen LogP contribution in [0.3, 0.4) is 0 Å². The smallest absolute Gasteiger partial charge is 0.251 e. The van der Waals surface area contributed by atoms with Gasteiger partial charge in [-0.05, 0) is 24.8 Å². The Morgan fingerprint density at radius 1 is 1.39 bits per heavy atom. The first-order chi connectivity index (χ1) is 8.67. The van der Waals surface area contributed by atoms with Crippen molar-refractivity contribution in [2.45, 2.75) is 31.7 Å². The molecule has 18 heavy (non-hydrogen) atoms. The van der Waals surface area contributed by atoms with E-state index >= 15 is 0 Å². The number of amides is 1. The van der Waals surface area contributed by atoms with Crippen molar-refractivity contribution in [3.8, 4) is 0 Å². The van der Waals surface area contributed by atoms with Gasteiger partial charge in [-0.25, -0.2) is 0 Å². The monoisotopic (exact) mass is 243 g/mol. The second-order valence-electron chi connectivity index (χ2n) is 4.60. The molecule has 1 amide bonds. The second-order valence-corrected chi connectivity index (χ2v) is 4.60. The van der Waals surface area contributed by atoms with Gasteiger partial charge in [-0.15, -0.1) is 5.47 Å². The fourth-order valence-corrected chi connectivity index (χ4v) is 2.43. The lowest BCUT2D eigenvalue weighted by Crippen LogP contribution is -2.39. The molecule has 0 aromatic heterocycles. The van der Waals surface area contributed by atoms with Gasteiger partial charge in [0, 0.05) is 18.5 Å². The summed E-state index contributed by atoms with van der Waals surface area (Å²) in [5, 5.41) is 0. The molecule has 2 aliphatic rings. The van der Waals surface area contributed by atoms with E-state index < -0.39 is 6.04 Å². The van der Waals surface area contributed by atoms with Crippen molar-refractivity contribution < 1.29 is 14.4 Å². The minimum absolute atomic E-state index is 0.0863. The standard InChI is InChI=1S/C13H14BNO3/c14-10-3-4-12-9(6-10)7-15(13(12)18)11(8-17)2-1-5-16/h5-6,8,11H,1-4,7H2. The lowest BCUT2D eigenvalue weighted by molar-refractivity contribution is -0.131. The molecule has 0 saturated heterocycles. The van der Waals surface area contributed by atoms with Gasteiger partial charge in [-0.1, -0.05) is 6.08 Å². The van der Waals surface area contributed by atoms with E-state index in [2.05, 4.69) is 0 Å². The van der Waals surface area contributed by atoms with Gasteiger partial charge in [0.1, 0.15) is 20.4 Å². The summed E-state index contributed by atoms with van der Waals surface area (Å²) in [5.41, 5.74) is 2.46. The molecule has 0 spiro atoms. The van der Waals surface area contributed by atoms with E-state index in [1.807, 2.05) is 6.08 Å². The molecular weight excluding hydrogens is 229 g/mol. The molecule has 1 aliphatic carbocycles. The van der Waals surface area contributed by atoms with Crippen molar-refractivity contribution in [1.29, 1.82) is 0 Å². The highest BCUT2D eigenvalue weighted by atomic mass is 16.2. The van der Waals surface area contributed by atoms with Gasteiger partial charge < -0.3 is 14.5 Å². The van der Waals surface area contributed by atoms with Gasteiger partial charge in [0.25, 0.3) is 5.91 Å². The molecule has 0 bridgehead atoms. The minimum atomic E-state index is -0.511. The Balaban J connectivity index is 2.13. The molecule has 1 aliphatic heterocycles. The molecule has 4 nitrogen and oxygen atoms in total. The van der Waals surface area contributed by atoms with Crippen molar-refractivity contribution in [2.24, 2.45) is 0 Å². The van der Waals surface area contributed by atoms with Crippen LogP contribution in [0.4, 0.5) is 0 Å². The molecule has 0 saturated carbocycles. The molecule has 1 heterocycles. The number of nitrogens with zero attached hydrogens (tertiary/aromatic N) is 1. The Kier molecular flexibility index (Phi) is 3.79. The minimum Gasteiger partial charge on any atom is -0.325 e. The quantitative estimate of drug-likeness (QED) is 0.522. The highest BCUT2D eigenvalue weighted by Gasteiger charge is 2.34. The largest absolute Gasteiger partial charge is 0.325 e. The third-order valence-corrected chi connectivity index (χ3v) is 3.41. The van der Waals surface area contributed by atoms with Gasteiger partial charge in [0.2, 0.25) is 0 Å². The summed E-state index contributed by atoms with van der Waals surface area (Å²) in [6, 6.07) is -0.511. The van der Waals surface area contributed by atoms with E-state index in [9.17, 15) is 14.4 Å². The van der Waals surface area contributed by atoms with Crippen molar-refractivity contribution in [1.82, 2.24) is 4.90 Å². The third-order valence-electron chi connectivity index (χ3n) is 3.41. The predicted molar refractivity (Wildman–Crippen MR) is 67.0 cm³/mol. The fourth-order valence-electron chi connectivity index (χ4n) is 2.43. The number of hydrogen-bond donors (Lipinski definition) is 0. The van der Waals surface area contributed by atoms with Gasteiger partial charge in [-0.2, -0.15) is 0 Å². The van der Waals surface area contributed by atoms with Crippen LogP contribution in [0.1, 0.15) is 25.7 Å². The molecule has 2 rings (SSSR count). The summed E-state index contributed by atoms with van der Waals surface area (Å²) in [5.74, 6) is -0.0863. The van der Waals surface area contributed by atoms with Gasteiger partial charge >= 0.3 is 0 Å². The first kappa shape index (κ1) is 12.8. The molecule has 1 unspecified atom stereocenters. The van der Waals surface area contributed by atoms with E-state index in [1.165, 1.54) is 4.90 Å². The van der Waals surface area contributed by atoms with Crippen LogP contribution in [0.2, 0.25) is 0 Å². The maximum Gasteiger partial charge on any atom is 0.251 e. The number of rotatable bonds is 5. The zero-order valence-electron chi connectivity index (χ0n) is 10.1. The second kappa shape index (κ2) is 5.33. The van der Waals surface area contributed by atoms with Crippen LogP contribution in [-0.2, 0) is 14.4 Å². The van der Waals surface area contributed by atoms with Gasteiger partial charge in [0.05, 0.1) is 6.04 Å². The van der Waals surface area contributed by atoms with E-state index in [1.54, 1.807) is 0 Å². The van der Waals surface area contributed by atoms with Crippen LogP contribution in [0.15, 0.2) is 22.7 Å². The Bertz CT molecular complexity index is 453. The first-order valence-electron chi connectivity index (χ1n) is 6.05. The zero-order chi connectivity index (χ0) is 13.1. The molecule has 2 radical (unpaired) electrons. The van der Waals surface area contributed by atoms with Gasteiger partial charge in [-0.3, -0.25) is 4.79 Å². The van der Waals surface area contributed by atoms with E-state index in [-0.39, 0.29) is 12.3 Å². The van der Waals surface area contributed by atoms with E-state index in [4.69, 9.17) is 7.85 Å². The van der Waals surface area contributed by atoms with Crippen LogP contribution in [0.5, 0.6) is 0 Å². The number of hydrogen-bond acceptors (Lipinski definition) is 3. The molecule has 0 N–H and O–H groups in total. The number of aldehydes is 2. The SMILES string of the molecule is [B]C1=CC2=C(CC1)C(=O)N(C(C=O)CCC=O)C2.